The Balaban J connectivity index is 0.000000267. The molecule has 0 atom stereocenters. The zero-order valence-electron chi connectivity index (χ0n) is 10.1. The quantitative estimate of drug-likeness (QED) is 0.660. The lowest BCUT2D eigenvalue weighted by molar-refractivity contribution is 0.504. The molecule has 2 rings (SSSR count). The Morgan fingerprint density at radius 2 is 0.812 bits per heavy atom. The molecule has 1 nitrogen and oxygen atoms in total. The van der Waals surface area contributed by atoms with Crippen LogP contribution in [0.1, 0.15) is 51.4 Å². The van der Waals surface area contributed by atoms with Crippen molar-refractivity contribution in [2.45, 2.75) is 51.4 Å². The van der Waals surface area contributed by atoms with Crippen LogP contribution in [0.15, 0.2) is 36.7 Å². The van der Waals surface area contributed by atoms with Gasteiger partial charge in [-0.15, -0.1) is 0 Å². The predicted octanol–water partition coefficient (Wildman–Crippen LogP) is 4.41. The van der Waals surface area contributed by atoms with Crippen LogP contribution in [0.2, 0.25) is 0 Å². The molecule has 0 aromatic heterocycles. The third-order valence-electron chi connectivity index (χ3n) is 2.72. The lowest BCUT2D eigenvalue weighted by Gasteiger charge is -2.05. The van der Waals surface area contributed by atoms with Gasteiger partial charge in [-0.1, -0.05) is 63.5 Å². The fourth-order valence-corrected chi connectivity index (χ4v) is 1.82. The summed E-state index contributed by atoms with van der Waals surface area (Å²) < 4.78 is 0. The molecule has 1 heterocycles. The Hall–Kier alpha value is -0.630. The van der Waals surface area contributed by atoms with E-state index in [4.69, 9.17) is 0 Å². The van der Waals surface area contributed by atoms with Crippen LogP contribution in [0.4, 0.5) is 0 Å². The first-order chi connectivity index (χ1) is 7.50. The molecule has 1 aliphatic heterocycles. The maximum Gasteiger partial charge on any atom is 0.000442 e. The highest BCUT2D eigenvalue weighted by Crippen LogP contribution is 2.15. The largest absolute Gasteiger partial charge is 0.368 e. The molecule has 2 aliphatic rings. The molecule has 0 bridgehead atoms. The summed E-state index contributed by atoms with van der Waals surface area (Å²) in [7, 11) is 0. The summed E-state index contributed by atoms with van der Waals surface area (Å²) in [4.78, 5) is 0. The van der Waals surface area contributed by atoms with Gasteiger partial charge in [0.05, 0.1) is 0 Å². The number of hydrogen-bond donors (Lipinski definition) is 1. The first-order valence-corrected chi connectivity index (χ1v) is 6.24. The van der Waals surface area contributed by atoms with Crippen molar-refractivity contribution in [3.63, 3.8) is 0 Å². The molecular formula is C14H25NS. The second kappa shape index (κ2) is 12.4. The van der Waals surface area contributed by atoms with E-state index in [0.29, 0.717) is 0 Å². The highest BCUT2D eigenvalue weighted by atomic mass is 32.1. The minimum Gasteiger partial charge on any atom is -0.368 e. The van der Waals surface area contributed by atoms with Crippen LogP contribution >= 0.6 is 13.5 Å². The van der Waals surface area contributed by atoms with Crippen LogP contribution in [0.5, 0.6) is 0 Å². The van der Waals surface area contributed by atoms with E-state index in [-0.39, 0.29) is 13.5 Å². The minimum atomic E-state index is 0. The molecule has 2 heteroatoms. The van der Waals surface area contributed by atoms with Crippen LogP contribution in [0.3, 0.4) is 0 Å². The molecule has 0 radical (unpaired) electrons. The summed E-state index contributed by atoms with van der Waals surface area (Å²) >= 11 is 0. The van der Waals surface area contributed by atoms with E-state index in [1.807, 2.05) is 36.7 Å². The Morgan fingerprint density at radius 3 is 1.12 bits per heavy atom. The van der Waals surface area contributed by atoms with Crippen LogP contribution in [-0.4, -0.2) is 0 Å². The van der Waals surface area contributed by atoms with Gasteiger partial charge in [-0.05, 0) is 12.2 Å². The van der Waals surface area contributed by atoms with Crippen molar-refractivity contribution in [1.29, 1.82) is 0 Å². The molecule has 1 N–H and O–H groups in total. The van der Waals surface area contributed by atoms with Crippen molar-refractivity contribution < 1.29 is 0 Å². The number of allylic oxidation sites excluding steroid dienone is 4. The van der Waals surface area contributed by atoms with Gasteiger partial charge in [-0.2, -0.15) is 13.5 Å². The van der Waals surface area contributed by atoms with E-state index in [0.717, 1.165) is 0 Å². The van der Waals surface area contributed by atoms with Crippen molar-refractivity contribution in [1.82, 2.24) is 5.32 Å². The molecule has 0 aromatic carbocycles. The van der Waals surface area contributed by atoms with Gasteiger partial charge in [0.1, 0.15) is 0 Å². The molecule has 92 valence electrons. The highest BCUT2D eigenvalue weighted by Gasteiger charge is 1.95. The van der Waals surface area contributed by atoms with E-state index >= 15 is 0 Å². The first kappa shape index (κ1) is 15.4. The Kier molecular flexibility index (Phi) is 11.9. The Labute approximate surface area is 107 Å². The summed E-state index contributed by atoms with van der Waals surface area (Å²) in [5.74, 6) is 0. The fraction of sp³-hybridized carbons (Fsp3) is 0.571. The summed E-state index contributed by atoms with van der Waals surface area (Å²) in [6.45, 7) is 0. The lowest BCUT2D eigenvalue weighted by Crippen LogP contribution is -1.87. The standard InChI is InChI=1S/C8H16.C6H7N.H2S/c1-2-4-6-8-7-5-3-1;1-2-4-6-7-5-3-1;/h1-8H2;1-7H;1H2. The molecule has 1 fully saturated rings. The smallest absolute Gasteiger partial charge is 0.000442 e. The number of nitrogens with one attached hydrogen (secondary N) is 1. The minimum absolute atomic E-state index is 0. The maximum absolute atomic E-state index is 2.92. The summed E-state index contributed by atoms with van der Waals surface area (Å²) in [6.07, 6.45) is 23.6. The van der Waals surface area contributed by atoms with E-state index in [1.165, 1.54) is 51.4 Å². The fourth-order valence-electron chi connectivity index (χ4n) is 1.82. The summed E-state index contributed by atoms with van der Waals surface area (Å²) in [6, 6.07) is 0. The van der Waals surface area contributed by atoms with E-state index in [1.54, 1.807) is 0 Å². The lowest BCUT2D eigenvalue weighted by atomic mass is 10.0. The molecule has 1 saturated carbocycles. The molecule has 0 saturated heterocycles. The molecule has 0 unspecified atom stereocenters. The van der Waals surface area contributed by atoms with Gasteiger partial charge in [0, 0.05) is 12.4 Å². The van der Waals surface area contributed by atoms with Gasteiger partial charge in [0.25, 0.3) is 0 Å². The van der Waals surface area contributed by atoms with Crippen LogP contribution < -0.4 is 5.32 Å². The molecular weight excluding hydrogens is 214 g/mol. The van der Waals surface area contributed by atoms with Crippen molar-refractivity contribution in [3.8, 4) is 0 Å². The van der Waals surface area contributed by atoms with Gasteiger partial charge in [0.15, 0.2) is 0 Å². The van der Waals surface area contributed by atoms with Crippen LogP contribution in [0.25, 0.3) is 0 Å². The topological polar surface area (TPSA) is 12.0 Å². The number of rotatable bonds is 0. The molecule has 0 spiro atoms. The third kappa shape index (κ3) is 9.91. The van der Waals surface area contributed by atoms with E-state index < -0.39 is 0 Å². The normalized spacial score (nSPS) is 19.0. The van der Waals surface area contributed by atoms with Crippen LogP contribution in [-0.2, 0) is 0 Å². The van der Waals surface area contributed by atoms with Gasteiger partial charge < -0.3 is 5.32 Å². The van der Waals surface area contributed by atoms with Crippen molar-refractivity contribution in [3.05, 3.63) is 36.7 Å². The van der Waals surface area contributed by atoms with Crippen molar-refractivity contribution in [2.75, 3.05) is 0 Å². The average molecular weight is 239 g/mol. The monoisotopic (exact) mass is 239 g/mol. The van der Waals surface area contributed by atoms with Crippen LogP contribution in [0, 0.1) is 0 Å². The zero-order chi connectivity index (χ0) is 10.6. The summed E-state index contributed by atoms with van der Waals surface area (Å²) in [5, 5.41) is 2.92. The number of hydrogen-bond acceptors (Lipinski definition) is 1. The predicted molar refractivity (Wildman–Crippen MR) is 77.9 cm³/mol. The highest BCUT2D eigenvalue weighted by molar-refractivity contribution is 7.59. The first-order valence-electron chi connectivity index (χ1n) is 6.24. The van der Waals surface area contributed by atoms with Gasteiger partial charge >= 0.3 is 0 Å². The molecule has 16 heavy (non-hydrogen) atoms. The van der Waals surface area contributed by atoms with Gasteiger partial charge in [-0.25, -0.2) is 0 Å². The molecule has 0 aromatic rings. The molecule has 1 aliphatic carbocycles. The van der Waals surface area contributed by atoms with E-state index in [9.17, 15) is 0 Å². The SMILES string of the molecule is C1=CC=CNC=C1.C1CCCCCCC1.S. The Bertz CT molecular complexity index is 181. The second-order valence-electron chi connectivity index (χ2n) is 4.10. The van der Waals surface area contributed by atoms with Crippen molar-refractivity contribution >= 4 is 13.5 Å². The zero-order valence-corrected chi connectivity index (χ0v) is 11.1. The van der Waals surface area contributed by atoms with E-state index in [2.05, 4.69) is 5.32 Å². The average Bonchev–Trinajstić information content (AvgIpc) is 2.48. The maximum atomic E-state index is 2.92. The Morgan fingerprint density at radius 1 is 0.500 bits per heavy atom. The van der Waals surface area contributed by atoms with Gasteiger partial charge in [-0.3, -0.25) is 0 Å². The molecule has 0 amide bonds. The second-order valence-corrected chi connectivity index (χ2v) is 4.10. The van der Waals surface area contributed by atoms with Gasteiger partial charge in [0.2, 0.25) is 0 Å². The van der Waals surface area contributed by atoms with Crippen molar-refractivity contribution in [2.24, 2.45) is 0 Å². The summed E-state index contributed by atoms with van der Waals surface area (Å²) in [5.41, 5.74) is 0. The third-order valence-corrected chi connectivity index (χ3v) is 2.72.